The average Bonchev–Trinajstić information content (AvgIpc) is 2.82. The van der Waals surface area contributed by atoms with Crippen LogP contribution in [0, 0.1) is 0 Å². The minimum atomic E-state index is 0.766. The molecule has 0 radical (unpaired) electrons. The van der Waals surface area contributed by atoms with Gasteiger partial charge in [0, 0.05) is 35.8 Å². The maximum atomic E-state index is 5.67. The van der Waals surface area contributed by atoms with E-state index in [0.717, 1.165) is 24.7 Å². The summed E-state index contributed by atoms with van der Waals surface area (Å²) in [6, 6.07) is 4.22. The van der Waals surface area contributed by atoms with Gasteiger partial charge in [-0.2, -0.15) is 0 Å². The van der Waals surface area contributed by atoms with Crippen LogP contribution in [-0.4, -0.2) is 24.5 Å². The van der Waals surface area contributed by atoms with Gasteiger partial charge in [-0.05, 0) is 30.4 Å². The highest BCUT2D eigenvalue weighted by Crippen LogP contribution is 2.27. The van der Waals surface area contributed by atoms with Crippen LogP contribution in [0.15, 0.2) is 23.7 Å². The minimum Gasteiger partial charge on any atom is -0.359 e. The molecule has 92 valence electrons. The normalized spacial score (nSPS) is 10.9. The molecule has 2 heterocycles. The number of halogens is 1. The molecule has 4 heteroatoms. The zero-order valence-corrected chi connectivity index (χ0v) is 11.6. The number of alkyl halides is 1. The molecule has 0 aliphatic heterocycles. The molecule has 2 aromatic rings. The van der Waals surface area contributed by atoms with Crippen molar-refractivity contribution < 1.29 is 0 Å². The number of hydrogen-bond acceptors (Lipinski definition) is 3. The summed E-state index contributed by atoms with van der Waals surface area (Å²) in [5.41, 5.74) is 0. The van der Waals surface area contributed by atoms with Crippen molar-refractivity contribution in [2.24, 2.45) is 0 Å². The third-order valence-electron chi connectivity index (χ3n) is 2.85. The highest BCUT2D eigenvalue weighted by Gasteiger charge is 2.07. The van der Waals surface area contributed by atoms with Gasteiger partial charge in [-0.15, -0.1) is 22.9 Å². The third-order valence-corrected chi connectivity index (χ3v) is 4.00. The molecule has 0 bridgehead atoms. The van der Waals surface area contributed by atoms with Gasteiger partial charge >= 0.3 is 0 Å². The Morgan fingerprint density at radius 3 is 3.00 bits per heavy atom. The van der Waals surface area contributed by atoms with Crippen LogP contribution in [0.5, 0.6) is 0 Å². The van der Waals surface area contributed by atoms with Gasteiger partial charge in [-0.25, -0.2) is 4.98 Å². The lowest BCUT2D eigenvalue weighted by Gasteiger charge is -2.18. The van der Waals surface area contributed by atoms with E-state index in [2.05, 4.69) is 34.4 Å². The van der Waals surface area contributed by atoms with Crippen molar-refractivity contribution in [3.05, 3.63) is 23.7 Å². The molecule has 0 spiro atoms. The lowest BCUT2D eigenvalue weighted by molar-refractivity contribution is 0.705. The highest BCUT2D eigenvalue weighted by molar-refractivity contribution is 7.17. The predicted molar refractivity (Wildman–Crippen MR) is 77.5 cm³/mol. The number of hydrogen-bond donors (Lipinski definition) is 0. The van der Waals surface area contributed by atoms with Gasteiger partial charge in [0.15, 0.2) is 0 Å². The molecule has 0 saturated heterocycles. The van der Waals surface area contributed by atoms with Gasteiger partial charge in [0.2, 0.25) is 0 Å². The van der Waals surface area contributed by atoms with Crippen LogP contribution in [0.1, 0.15) is 19.3 Å². The van der Waals surface area contributed by atoms with Gasteiger partial charge < -0.3 is 4.90 Å². The van der Waals surface area contributed by atoms with E-state index in [1.165, 1.54) is 22.9 Å². The van der Waals surface area contributed by atoms with Crippen molar-refractivity contribution in [1.82, 2.24) is 4.98 Å². The van der Waals surface area contributed by atoms with Crippen LogP contribution < -0.4 is 4.90 Å². The first kappa shape index (κ1) is 12.7. The number of nitrogens with zero attached hydrogens (tertiary/aromatic N) is 2. The van der Waals surface area contributed by atoms with Crippen LogP contribution in [0.3, 0.4) is 0 Å². The highest BCUT2D eigenvalue weighted by atomic mass is 35.5. The summed E-state index contributed by atoms with van der Waals surface area (Å²) in [5.74, 6) is 1.86. The van der Waals surface area contributed by atoms with Crippen molar-refractivity contribution in [1.29, 1.82) is 0 Å². The summed E-state index contributed by atoms with van der Waals surface area (Å²) >= 11 is 7.44. The van der Waals surface area contributed by atoms with Crippen LogP contribution in [-0.2, 0) is 0 Å². The molecule has 0 N–H and O–H groups in total. The van der Waals surface area contributed by atoms with Crippen molar-refractivity contribution in [3.63, 3.8) is 0 Å². The van der Waals surface area contributed by atoms with Gasteiger partial charge in [-0.1, -0.05) is 6.42 Å². The second-order valence-electron chi connectivity index (χ2n) is 4.14. The number of rotatable bonds is 6. The van der Waals surface area contributed by atoms with E-state index >= 15 is 0 Å². The molecular weight excluding hydrogens is 252 g/mol. The Balaban J connectivity index is 2.03. The summed E-state index contributed by atoms with van der Waals surface area (Å²) in [4.78, 5) is 6.72. The molecule has 0 atom stereocenters. The third kappa shape index (κ3) is 3.11. The van der Waals surface area contributed by atoms with Crippen LogP contribution in [0.4, 0.5) is 5.82 Å². The molecule has 0 amide bonds. The Hall–Kier alpha value is -0.800. The van der Waals surface area contributed by atoms with Crippen LogP contribution in [0.25, 0.3) is 10.1 Å². The zero-order valence-electron chi connectivity index (χ0n) is 10.0. The molecule has 2 nitrogen and oxygen atoms in total. The lowest BCUT2D eigenvalue weighted by Crippen LogP contribution is -2.19. The average molecular weight is 269 g/mol. The number of aromatic nitrogens is 1. The molecule has 0 unspecified atom stereocenters. The Kier molecular flexibility index (Phi) is 4.63. The fourth-order valence-corrected chi connectivity index (χ4v) is 2.88. The predicted octanol–water partition coefficient (Wildman–Crippen LogP) is 4.14. The Bertz CT molecular complexity index is 469. The number of unbranched alkanes of at least 4 members (excludes halogenated alkanes) is 2. The molecule has 2 rings (SSSR count). The molecule has 0 saturated carbocycles. The lowest BCUT2D eigenvalue weighted by atomic mass is 10.2. The SMILES string of the molecule is CN(CCCCCCl)c1nccc2sccc12. The molecule has 2 aromatic heterocycles. The number of anilines is 1. The molecule has 0 aromatic carbocycles. The monoisotopic (exact) mass is 268 g/mol. The Morgan fingerprint density at radius 1 is 1.29 bits per heavy atom. The molecule has 0 fully saturated rings. The fourth-order valence-electron chi connectivity index (χ4n) is 1.91. The Labute approximate surface area is 111 Å². The molecular formula is C13H17ClN2S. The second-order valence-corrected chi connectivity index (χ2v) is 5.46. The number of fused-ring (bicyclic) bond motifs is 1. The first-order valence-corrected chi connectivity index (χ1v) is 7.33. The van der Waals surface area contributed by atoms with E-state index in [1.54, 1.807) is 11.3 Å². The standard InChI is InChI=1S/C13H17ClN2S/c1-16(9-4-2-3-7-14)13-11-6-10-17-12(11)5-8-15-13/h5-6,8,10H,2-4,7,9H2,1H3. The van der Waals surface area contributed by atoms with Gasteiger partial charge in [0.1, 0.15) is 5.82 Å². The second kappa shape index (κ2) is 6.22. The minimum absolute atomic E-state index is 0.766. The Morgan fingerprint density at radius 2 is 2.18 bits per heavy atom. The summed E-state index contributed by atoms with van der Waals surface area (Å²) in [6.07, 6.45) is 5.35. The van der Waals surface area contributed by atoms with Crippen molar-refractivity contribution in [2.45, 2.75) is 19.3 Å². The largest absolute Gasteiger partial charge is 0.359 e. The first-order valence-electron chi connectivity index (χ1n) is 5.92. The number of pyridine rings is 1. The smallest absolute Gasteiger partial charge is 0.136 e. The van der Waals surface area contributed by atoms with Gasteiger partial charge in [0.25, 0.3) is 0 Å². The summed E-state index contributed by atoms with van der Waals surface area (Å²) in [7, 11) is 2.11. The van der Waals surface area contributed by atoms with Crippen molar-refractivity contribution in [3.8, 4) is 0 Å². The fraction of sp³-hybridized carbons (Fsp3) is 0.462. The topological polar surface area (TPSA) is 16.1 Å². The maximum Gasteiger partial charge on any atom is 0.136 e. The van der Waals surface area contributed by atoms with E-state index in [-0.39, 0.29) is 0 Å². The van der Waals surface area contributed by atoms with Crippen molar-refractivity contribution >= 4 is 38.8 Å². The van der Waals surface area contributed by atoms with Crippen molar-refractivity contribution in [2.75, 3.05) is 24.4 Å². The summed E-state index contributed by atoms with van der Waals surface area (Å²) in [5, 5.41) is 3.38. The number of thiophene rings is 1. The van der Waals surface area contributed by atoms with Crippen LogP contribution in [0.2, 0.25) is 0 Å². The van der Waals surface area contributed by atoms with E-state index < -0.39 is 0 Å². The summed E-state index contributed by atoms with van der Waals surface area (Å²) in [6.45, 7) is 1.04. The molecule has 0 aliphatic carbocycles. The molecule has 0 aliphatic rings. The first-order chi connectivity index (χ1) is 8.33. The summed E-state index contributed by atoms with van der Waals surface area (Å²) < 4.78 is 1.31. The van der Waals surface area contributed by atoms with Gasteiger partial charge in [0.05, 0.1) is 0 Å². The van der Waals surface area contributed by atoms with Gasteiger partial charge in [-0.3, -0.25) is 0 Å². The van der Waals surface area contributed by atoms with E-state index in [0.29, 0.717) is 0 Å². The molecule has 17 heavy (non-hydrogen) atoms. The zero-order chi connectivity index (χ0) is 12.1. The van der Waals surface area contributed by atoms with E-state index in [9.17, 15) is 0 Å². The van der Waals surface area contributed by atoms with E-state index in [4.69, 9.17) is 11.6 Å². The van der Waals surface area contributed by atoms with E-state index in [1.807, 2.05) is 6.20 Å². The maximum absolute atomic E-state index is 5.67. The quantitative estimate of drug-likeness (QED) is 0.578. The van der Waals surface area contributed by atoms with Crippen LogP contribution >= 0.6 is 22.9 Å².